The first-order valence-electron chi connectivity index (χ1n) is 9.78. The topological polar surface area (TPSA) is 46.2 Å². The van der Waals surface area contributed by atoms with Crippen molar-refractivity contribution < 1.29 is 9.59 Å². The Morgan fingerprint density at radius 2 is 1.55 bits per heavy atom. The molecule has 0 aromatic heterocycles. The van der Waals surface area contributed by atoms with E-state index in [9.17, 15) is 9.59 Å². The molecule has 0 saturated heterocycles. The Bertz CT molecular complexity index is 1240. The molecule has 1 amide bonds. The molecule has 0 aliphatic heterocycles. The molecule has 33 heavy (non-hydrogen) atoms. The van der Waals surface area contributed by atoms with E-state index >= 15 is 0 Å². The maximum Gasteiger partial charge on any atom is 0.231 e. The molecule has 4 rings (SSSR count). The number of alkyl halides is 2. The molecule has 3 aromatic rings. The summed E-state index contributed by atoms with van der Waals surface area (Å²) in [4.78, 5) is 25.8. The van der Waals surface area contributed by atoms with E-state index in [1.54, 1.807) is 54.6 Å². The lowest BCUT2D eigenvalue weighted by Crippen LogP contribution is -2.17. The number of hydrogen-bond acceptors (Lipinski definition) is 2. The van der Waals surface area contributed by atoms with Gasteiger partial charge in [-0.1, -0.05) is 58.5 Å². The van der Waals surface area contributed by atoms with Gasteiger partial charge in [0.25, 0.3) is 0 Å². The minimum Gasteiger partial charge on any atom is -0.326 e. The molecule has 0 radical (unpaired) electrons. The van der Waals surface area contributed by atoms with Crippen LogP contribution in [0.1, 0.15) is 27.4 Å². The summed E-state index contributed by atoms with van der Waals surface area (Å²) in [5.41, 5.74) is 2.11. The molecule has 0 bridgehead atoms. The number of hydrogen-bond donors (Lipinski definition) is 1. The van der Waals surface area contributed by atoms with Crippen LogP contribution < -0.4 is 5.32 Å². The van der Waals surface area contributed by atoms with Gasteiger partial charge in [-0.25, -0.2) is 0 Å². The second-order valence-electron chi connectivity index (χ2n) is 7.75. The third-order valence-electron chi connectivity index (χ3n) is 5.37. The van der Waals surface area contributed by atoms with Gasteiger partial charge in [-0.15, -0.1) is 23.2 Å². The van der Waals surface area contributed by atoms with Gasteiger partial charge in [-0.05, 0) is 59.7 Å². The summed E-state index contributed by atoms with van der Waals surface area (Å²) in [5, 5.41) is 4.45. The predicted molar refractivity (Wildman–Crippen MR) is 137 cm³/mol. The first-order chi connectivity index (χ1) is 15.6. The van der Waals surface area contributed by atoms with Gasteiger partial charge in [0.1, 0.15) is 4.33 Å². The summed E-state index contributed by atoms with van der Waals surface area (Å²) in [7, 11) is 0. The van der Waals surface area contributed by atoms with E-state index in [2.05, 4.69) is 5.32 Å². The monoisotopic (exact) mass is 559 g/mol. The van der Waals surface area contributed by atoms with Crippen LogP contribution >= 0.6 is 69.6 Å². The Morgan fingerprint density at radius 3 is 2.21 bits per heavy atom. The zero-order valence-electron chi connectivity index (χ0n) is 16.7. The summed E-state index contributed by atoms with van der Waals surface area (Å²) in [6.45, 7) is 0. The van der Waals surface area contributed by atoms with Crippen LogP contribution in [-0.4, -0.2) is 16.0 Å². The van der Waals surface area contributed by atoms with Crippen molar-refractivity contribution in [1.29, 1.82) is 0 Å². The van der Waals surface area contributed by atoms with E-state index in [4.69, 9.17) is 69.6 Å². The molecule has 170 valence electrons. The molecule has 1 fully saturated rings. The summed E-state index contributed by atoms with van der Waals surface area (Å²) >= 11 is 37.2. The zero-order valence-corrected chi connectivity index (χ0v) is 21.3. The molecular weight excluding hydrogens is 547 g/mol. The van der Waals surface area contributed by atoms with Crippen LogP contribution in [0, 0.1) is 5.92 Å². The fraction of sp³-hybridized carbons (Fsp3) is 0.167. The number of amides is 1. The smallest absolute Gasteiger partial charge is 0.231 e. The van der Waals surface area contributed by atoms with E-state index < -0.39 is 22.1 Å². The van der Waals surface area contributed by atoms with Crippen LogP contribution in [0.4, 0.5) is 5.69 Å². The minimum absolute atomic E-state index is 0.115. The maximum absolute atomic E-state index is 13.0. The summed E-state index contributed by atoms with van der Waals surface area (Å²) in [5.74, 6) is -1.80. The number of rotatable bonds is 6. The van der Waals surface area contributed by atoms with Crippen molar-refractivity contribution in [2.45, 2.75) is 16.7 Å². The quantitative estimate of drug-likeness (QED) is 0.243. The number of halogens is 6. The first kappa shape index (κ1) is 24.7. The first-order valence-corrected chi connectivity index (χ1v) is 12.0. The fourth-order valence-corrected chi connectivity index (χ4v) is 5.59. The normalized spacial score (nSPS) is 18.6. The van der Waals surface area contributed by atoms with Gasteiger partial charge < -0.3 is 5.32 Å². The van der Waals surface area contributed by atoms with Crippen molar-refractivity contribution in [2.75, 3.05) is 5.32 Å². The summed E-state index contributed by atoms with van der Waals surface area (Å²) in [6.07, 6.45) is 0.115. The van der Waals surface area contributed by atoms with E-state index in [0.29, 0.717) is 26.3 Å². The predicted octanol–water partition coefficient (Wildman–Crippen LogP) is 8.25. The lowest BCUT2D eigenvalue weighted by molar-refractivity contribution is -0.117. The van der Waals surface area contributed by atoms with Crippen molar-refractivity contribution in [3.05, 3.63) is 97.4 Å². The van der Waals surface area contributed by atoms with Crippen LogP contribution in [0.2, 0.25) is 20.1 Å². The van der Waals surface area contributed by atoms with E-state index in [1.807, 2.05) is 0 Å². The van der Waals surface area contributed by atoms with Gasteiger partial charge in [0.2, 0.25) is 5.91 Å². The lowest BCUT2D eigenvalue weighted by Gasteiger charge is -2.09. The van der Waals surface area contributed by atoms with Gasteiger partial charge in [-0.3, -0.25) is 9.59 Å². The number of ketones is 1. The van der Waals surface area contributed by atoms with Gasteiger partial charge in [0.15, 0.2) is 5.78 Å². The van der Waals surface area contributed by atoms with E-state index in [1.165, 1.54) is 6.07 Å². The van der Waals surface area contributed by atoms with Gasteiger partial charge >= 0.3 is 0 Å². The van der Waals surface area contributed by atoms with Crippen molar-refractivity contribution in [1.82, 2.24) is 0 Å². The number of Topliss-reactive ketones (excluding diaryl/α,β-unsaturated/α-hetero) is 1. The highest BCUT2D eigenvalue weighted by atomic mass is 35.5. The average Bonchev–Trinajstić information content (AvgIpc) is 3.31. The number of nitrogens with one attached hydrogen (secondary N) is 1. The number of benzene rings is 3. The standard InChI is InChI=1S/C24H15Cl6NO2/c25-14-3-1-2-12(6-14)7-20(32)18-11-17(4-5-19(18)28)31-23(33)22-21(24(22,29)30)13-8-15(26)10-16(27)9-13/h1-6,8-11,21-22H,7H2,(H,31,33). The van der Waals surface area contributed by atoms with Crippen LogP contribution in [0.25, 0.3) is 0 Å². The Morgan fingerprint density at radius 1 is 0.848 bits per heavy atom. The van der Waals surface area contributed by atoms with Crippen molar-refractivity contribution >= 4 is 87.0 Å². The molecule has 1 saturated carbocycles. The molecule has 2 atom stereocenters. The van der Waals surface area contributed by atoms with Gasteiger partial charge in [0.05, 0.1) is 10.9 Å². The zero-order chi connectivity index (χ0) is 23.9. The summed E-state index contributed by atoms with van der Waals surface area (Å²) in [6, 6.07) is 16.7. The highest BCUT2D eigenvalue weighted by Gasteiger charge is 2.67. The SMILES string of the molecule is O=C(Cc1cccc(Cl)c1)c1cc(NC(=O)C2C(c3cc(Cl)cc(Cl)c3)C2(Cl)Cl)ccc1Cl. The molecule has 9 heteroatoms. The van der Waals surface area contributed by atoms with Crippen LogP contribution in [0.15, 0.2) is 60.7 Å². The Balaban J connectivity index is 1.51. The molecule has 3 aromatic carbocycles. The molecule has 0 heterocycles. The van der Waals surface area contributed by atoms with Crippen LogP contribution in [0.5, 0.6) is 0 Å². The Labute approximate surface area is 220 Å². The van der Waals surface area contributed by atoms with Crippen molar-refractivity contribution in [2.24, 2.45) is 5.92 Å². The molecule has 3 nitrogen and oxygen atoms in total. The van der Waals surface area contributed by atoms with Crippen molar-refractivity contribution in [3.8, 4) is 0 Å². The molecule has 1 aliphatic carbocycles. The van der Waals surface area contributed by atoms with E-state index in [-0.39, 0.29) is 22.8 Å². The Kier molecular flexibility index (Phi) is 7.21. The minimum atomic E-state index is -1.31. The van der Waals surface area contributed by atoms with Crippen molar-refractivity contribution in [3.63, 3.8) is 0 Å². The van der Waals surface area contributed by atoms with E-state index in [0.717, 1.165) is 5.56 Å². The molecule has 1 N–H and O–H groups in total. The van der Waals surface area contributed by atoms with Gasteiger partial charge in [0, 0.05) is 38.7 Å². The molecule has 1 aliphatic rings. The second kappa shape index (κ2) is 9.65. The maximum atomic E-state index is 13.0. The fourth-order valence-electron chi connectivity index (χ4n) is 3.79. The van der Waals surface area contributed by atoms with Crippen LogP contribution in [-0.2, 0) is 11.2 Å². The number of carbonyl (C=O) groups excluding carboxylic acids is 2. The lowest BCUT2D eigenvalue weighted by atomic mass is 10.0. The highest BCUT2D eigenvalue weighted by molar-refractivity contribution is 6.53. The number of anilines is 1. The second-order valence-corrected chi connectivity index (χ2v) is 10.9. The largest absolute Gasteiger partial charge is 0.326 e. The third kappa shape index (κ3) is 5.45. The average molecular weight is 562 g/mol. The molecule has 0 spiro atoms. The third-order valence-corrected chi connectivity index (χ3v) is 7.31. The highest BCUT2D eigenvalue weighted by Crippen LogP contribution is 2.65. The van der Waals surface area contributed by atoms with Crippen LogP contribution in [0.3, 0.4) is 0 Å². The molecule has 2 unspecified atom stereocenters. The summed E-state index contributed by atoms with van der Waals surface area (Å²) < 4.78 is -1.31. The van der Waals surface area contributed by atoms with Gasteiger partial charge in [-0.2, -0.15) is 0 Å². The molecular formula is C24H15Cl6NO2. The Hall–Kier alpha value is -1.46. The number of carbonyl (C=O) groups is 2.